The Morgan fingerprint density at radius 2 is 2.21 bits per heavy atom. The Balaban J connectivity index is 2.08. The average molecular weight is 255 g/mol. The van der Waals surface area contributed by atoms with Gasteiger partial charge in [0.1, 0.15) is 11.1 Å². The normalized spacial score (nSPS) is 19.6. The van der Waals surface area contributed by atoms with E-state index in [1.807, 2.05) is 24.3 Å². The number of benzene rings is 1. The van der Waals surface area contributed by atoms with Gasteiger partial charge in [0.2, 0.25) is 0 Å². The average Bonchev–Trinajstić information content (AvgIpc) is 2.46. The molecular formula is C16H19N2O+. The molecule has 0 radical (unpaired) electrons. The summed E-state index contributed by atoms with van der Waals surface area (Å²) >= 11 is 0. The van der Waals surface area contributed by atoms with Crippen LogP contribution in [0.15, 0.2) is 30.3 Å². The molecule has 2 aromatic rings. The molecule has 1 aliphatic heterocycles. The third kappa shape index (κ3) is 2.33. The van der Waals surface area contributed by atoms with Crippen LogP contribution in [0.2, 0.25) is 0 Å². The lowest BCUT2D eigenvalue weighted by atomic mass is 10.00. The third-order valence-electron chi connectivity index (χ3n) is 3.90. The largest absolute Gasteiger partial charge is 0.298 e. The molecule has 0 bridgehead atoms. The number of hydrogen-bond donors (Lipinski definition) is 0. The van der Waals surface area contributed by atoms with Crippen molar-refractivity contribution in [2.24, 2.45) is 5.92 Å². The molecular weight excluding hydrogens is 236 g/mol. The van der Waals surface area contributed by atoms with Crippen LogP contribution >= 0.6 is 0 Å². The van der Waals surface area contributed by atoms with Crippen LogP contribution in [0.1, 0.15) is 30.1 Å². The Labute approximate surface area is 113 Å². The van der Waals surface area contributed by atoms with Gasteiger partial charge in [-0.15, -0.1) is 0 Å². The van der Waals surface area contributed by atoms with Crippen molar-refractivity contribution >= 4 is 23.0 Å². The molecule has 0 saturated carbocycles. The number of H-pyrrole nitrogens is 1. The molecule has 1 aromatic heterocycles. The topological polar surface area (TPSA) is 34.5 Å². The second kappa shape index (κ2) is 5.00. The van der Waals surface area contributed by atoms with Crippen LogP contribution in [0.5, 0.6) is 0 Å². The molecule has 3 heteroatoms. The second-order valence-corrected chi connectivity index (χ2v) is 5.47. The predicted molar refractivity (Wildman–Crippen MR) is 76.5 cm³/mol. The van der Waals surface area contributed by atoms with E-state index < -0.39 is 0 Å². The fourth-order valence-electron chi connectivity index (χ4n) is 2.92. The van der Waals surface area contributed by atoms with Crippen LogP contribution in [0.25, 0.3) is 10.9 Å². The zero-order valence-electron chi connectivity index (χ0n) is 11.2. The summed E-state index contributed by atoms with van der Waals surface area (Å²) in [5, 5.41) is 1.08. The maximum absolute atomic E-state index is 11.3. The lowest BCUT2D eigenvalue weighted by molar-refractivity contribution is -0.331. The number of anilines is 1. The summed E-state index contributed by atoms with van der Waals surface area (Å²) in [6.45, 7) is 4.32. The van der Waals surface area contributed by atoms with Crippen molar-refractivity contribution < 1.29 is 9.78 Å². The summed E-state index contributed by atoms with van der Waals surface area (Å²) in [5.41, 5.74) is 1.84. The third-order valence-corrected chi connectivity index (χ3v) is 3.90. The first-order chi connectivity index (χ1) is 9.28. The number of aromatic amines is 1. The van der Waals surface area contributed by atoms with E-state index in [1.54, 1.807) is 0 Å². The number of pyridine rings is 1. The first kappa shape index (κ1) is 12.2. The van der Waals surface area contributed by atoms with E-state index in [0.29, 0.717) is 5.92 Å². The molecule has 0 aliphatic carbocycles. The smallest absolute Gasteiger partial charge is 0.285 e. The number of para-hydroxylation sites is 1. The number of hydrogen-bond acceptors (Lipinski definition) is 2. The van der Waals surface area contributed by atoms with Crippen molar-refractivity contribution in [1.82, 2.24) is 0 Å². The Hall–Kier alpha value is -1.90. The quantitative estimate of drug-likeness (QED) is 0.773. The number of aromatic nitrogens is 1. The van der Waals surface area contributed by atoms with Crippen molar-refractivity contribution in [2.45, 2.75) is 19.8 Å². The predicted octanol–water partition coefficient (Wildman–Crippen LogP) is 2.70. The molecule has 3 nitrogen and oxygen atoms in total. The van der Waals surface area contributed by atoms with Gasteiger partial charge in [-0.3, -0.25) is 9.69 Å². The summed E-state index contributed by atoms with van der Waals surface area (Å²) in [5.74, 6) is 1.66. The SMILES string of the molecule is C[C@H]1CCCN(c2[nH+]c3ccccc3cc2C=O)C1. The van der Waals surface area contributed by atoms with Gasteiger partial charge in [-0.2, -0.15) is 0 Å². The molecule has 1 N–H and O–H groups in total. The van der Waals surface area contributed by atoms with Gasteiger partial charge >= 0.3 is 0 Å². The lowest BCUT2D eigenvalue weighted by Crippen LogP contribution is -2.38. The van der Waals surface area contributed by atoms with E-state index in [1.165, 1.54) is 12.8 Å². The molecule has 1 aliphatic rings. The van der Waals surface area contributed by atoms with Crippen LogP contribution in [-0.2, 0) is 0 Å². The zero-order valence-corrected chi connectivity index (χ0v) is 11.2. The van der Waals surface area contributed by atoms with Gasteiger partial charge in [-0.05, 0) is 30.9 Å². The van der Waals surface area contributed by atoms with Crippen molar-refractivity contribution in [3.05, 3.63) is 35.9 Å². The standard InChI is InChI=1S/C16H18N2O/c1-12-5-4-8-18(10-12)16-14(11-19)9-13-6-2-3-7-15(13)17-16/h2-3,6-7,9,11-12H,4-5,8,10H2,1H3/p+1/t12-/m0/s1. The molecule has 1 aromatic carbocycles. The molecule has 1 saturated heterocycles. The number of piperidine rings is 1. The zero-order chi connectivity index (χ0) is 13.2. The molecule has 1 atom stereocenters. The first-order valence-electron chi connectivity index (χ1n) is 6.93. The second-order valence-electron chi connectivity index (χ2n) is 5.47. The first-order valence-corrected chi connectivity index (χ1v) is 6.93. The van der Waals surface area contributed by atoms with Gasteiger partial charge in [-0.1, -0.05) is 25.1 Å². The molecule has 19 heavy (non-hydrogen) atoms. The van der Waals surface area contributed by atoms with Gasteiger partial charge in [0.15, 0.2) is 6.29 Å². The monoisotopic (exact) mass is 255 g/mol. The summed E-state index contributed by atoms with van der Waals surface area (Å²) < 4.78 is 0. The highest BCUT2D eigenvalue weighted by Gasteiger charge is 2.26. The van der Waals surface area contributed by atoms with Crippen molar-refractivity contribution in [3.8, 4) is 0 Å². The molecule has 2 heterocycles. The van der Waals surface area contributed by atoms with Crippen LogP contribution in [0.3, 0.4) is 0 Å². The van der Waals surface area contributed by atoms with E-state index in [-0.39, 0.29) is 0 Å². The number of carbonyl (C=O) groups is 1. The van der Waals surface area contributed by atoms with E-state index in [0.717, 1.165) is 41.7 Å². The van der Waals surface area contributed by atoms with E-state index in [9.17, 15) is 4.79 Å². The molecule has 0 spiro atoms. The Morgan fingerprint density at radius 1 is 1.37 bits per heavy atom. The van der Waals surface area contributed by atoms with Crippen LogP contribution in [0, 0.1) is 5.92 Å². The van der Waals surface area contributed by atoms with Crippen molar-refractivity contribution in [1.29, 1.82) is 0 Å². The van der Waals surface area contributed by atoms with Crippen LogP contribution < -0.4 is 9.88 Å². The minimum atomic E-state index is 0.688. The minimum absolute atomic E-state index is 0.688. The molecule has 98 valence electrons. The molecule has 0 unspecified atom stereocenters. The number of carbonyl (C=O) groups excluding carboxylic acids is 1. The van der Waals surface area contributed by atoms with E-state index in [4.69, 9.17) is 0 Å². The van der Waals surface area contributed by atoms with Crippen molar-refractivity contribution in [3.63, 3.8) is 0 Å². The molecule has 1 fully saturated rings. The summed E-state index contributed by atoms with van der Waals surface area (Å²) in [6, 6.07) is 10.1. The van der Waals surface area contributed by atoms with Crippen LogP contribution in [0.4, 0.5) is 5.82 Å². The summed E-state index contributed by atoms with van der Waals surface area (Å²) in [7, 11) is 0. The van der Waals surface area contributed by atoms with Crippen LogP contribution in [-0.4, -0.2) is 19.4 Å². The van der Waals surface area contributed by atoms with Gasteiger partial charge in [-0.25, -0.2) is 4.98 Å². The highest BCUT2D eigenvalue weighted by molar-refractivity contribution is 5.88. The maximum Gasteiger partial charge on any atom is 0.285 e. The van der Waals surface area contributed by atoms with E-state index in [2.05, 4.69) is 22.9 Å². The number of rotatable bonds is 2. The Kier molecular flexibility index (Phi) is 3.20. The molecule has 0 amide bonds. The fourth-order valence-corrected chi connectivity index (χ4v) is 2.92. The van der Waals surface area contributed by atoms with Gasteiger partial charge in [0.05, 0.1) is 13.1 Å². The van der Waals surface area contributed by atoms with E-state index >= 15 is 0 Å². The summed E-state index contributed by atoms with van der Waals surface area (Å²) in [6.07, 6.45) is 3.43. The van der Waals surface area contributed by atoms with Gasteiger partial charge in [0.25, 0.3) is 5.82 Å². The Bertz CT molecular complexity index is 609. The number of nitrogens with zero attached hydrogens (tertiary/aromatic N) is 1. The lowest BCUT2D eigenvalue weighted by Gasteiger charge is -2.26. The maximum atomic E-state index is 11.3. The number of nitrogens with one attached hydrogen (secondary N) is 1. The Morgan fingerprint density at radius 3 is 3.00 bits per heavy atom. The highest BCUT2D eigenvalue weighted by Crippen LogP contribution is 2.24. The number of aldehydes is 1. The van der Waals surface area contributed by atoms with Gasteiger partial charge in [0, 0.05) is 5.39 Å². The fraction of sp³-hybridized carbons (Fsp3) is 0.375. The highest BCUT2D eigenvalue weighted by atomic mass is 16.1. The minimum Gasteiger partial charge on any atom is -0.298 e. The van der Waals surface area contributed by atoms with Gasteiger partial charge < -0.3 is 0 Å². The summed E-state index contributed by atoms with van der Waals surface area (Å²) in [4.78, 5) is 17.1. The number of fused-ring (bicyclic) bond motifs is 1. The van der Waals surface area contributed by atoms with Crippen molar-refractivity contribution in [2.75, 3.05) is 18.0 Å². The molecule has 3 rings (SSSR count).